The molecule has 0 atom stereocenters. The van der Waals surface area contributed by atoms with E-state index in [1.807, 2.05) is 36.0 Å². The standard InChI is InChI=1S/C11H11NO.CH5N/c1-12-8-9(6-7-13)10-4-2-3-5-11(10)12;1-2/h2-5,7-8H,6H2,1H3;2H2,1H3. The van der Waals surface area contributed by atoms with Crippen LogP contribution >= 0.6 is 0 Å². The molecule has 2 aromatic rings. The van der Waals surface area contributed by atoms with Gasteiger partial charge in [-0.3, -0.25) is 0 Å². The molecule has 1 aromatic carbocycles. The van der Waals surface area contributed by atoms with E-state index in [-0.39, 0.29) is 0 Å². The SMILES string of the molecule is CN.Cn1cc(CC=O)c2ccccc21. The molecule has 0 spiro atoms. The Balaban J connectivity index is 0.000000531. The van der Waals surface area contributed by atoms with Gasteiger partial charge in [-0.25, -0.2) is 0 Å². The fourth-order valence-corrected chi connectivity index (χ4v) is 1.68. The maximum Gasteiger partial charge on any atom is 0.124 e. The van der Waals surface area contributed by atoms with Crippen molar-refractivity contribution in [2.24, 2.45) is 12.8 Å². The second-order valence-corrected chi connectivity index (χ2v) is 3.15. The van der Waals surface area contributed by atoms with E-state index in [2.05, 4.69) is 11.8 Å². The maximum atomic E-state index is 10.4. The van der Waals surface area contributed by atoms with Crippen molar-refractivity contribution < 1.29 is 4.79 Å². The van der Waals surface area contributed by atoms with Crippen LogP contribution in [0.5, 0.6) is 0 Å². The zero-order valence-electron chi connectivity index (χ0n) is 9.10. The van der Waals surface area contributed by atoms with E-state index in [1.165, 1.54) is 18.0 Å². The van der Waals surface area contributed by atoms with Crippen molar-refractivity contribution in [3.05, 3.63) is 36.0 Å². The van der Waals surface area contributed by atoms with Crippen LogP contribution in [0, 0.1) is 0 Å². The molecule has 1 aromatic heterocycles. The molecular formula is C12H16N2O. The van der Waals surface area contributed by atoms with Crippen molar-refractivity contribution in [3.8, 4) is 0 Å². The van der Waals surface area contributed by atoms with E-state index in [4.69, 9.17) is 0 Å². The van der Waals surface area contributed by atoms with Crippen LogP contribution in [0.25, 0.3) is 10.9 Å². The Morgan fingerprint density at radius 2 is 2.00 bits per heavy atom. The van der Waals surface area contributed by atoms with Gasteiger partial charge in [-0.2, -0.15) is 0 Å². The highest BCUT2D eigenvalue weighted by Crippen LogP contribution is 2.19. The number of fused-ring (bicyclic) bond motifs is 1. The quantitative estimate of drug-likeness (QED) is 0.753. The summed E-state index contributed by atoms with van der Waals surface area (Å²) in [6, 6.07) is 8.11. The minimum absolute atomic E-state index is 0.501. The lowest BCUT2D eigenvalue weighted by atomic mass is 10.1. The van der Waals surface area contributed by atoms with E-state index in [9.17, 15) is 4.79 Å². The Morgan fingerprint density at radius 1 is 1.33 bits per heavy atom. The van der Waals surface area contributed by atoms with E-state index in [1.54, 1.807) is 0 Å². The predicted octanol–water partition coefficient (Wildman–Crippen LogP) is 1.49. The second kappa shape index (κ2) is 5.32. The van der Waals surface area contributed by atoms with E-state index in [0.717, 1.165) is 11.8 Å². The Labute approximate surface area is 89.5 Å². The Bertz CT molecular complexity index is 446. The molecule has 0 saturated heterocycles. The van der Waals surface area contributed by atoms with E-state index >= 15 is 0 Å². The van der Waals surface area contributed by atoms with Gasteiger partial charge in [-0.1, -0.05) is 18.2 Å². The summed E-state index contributed by atoms with van der Waals surface area (Å²) in [6.45, 7) is 0. The largest absolute Gasteiger partial charge is 0.350 e. The number of benzene rings is 1. The normalized spacial score (nSPS) is 9.53. The first-order valence-electron chi connectivity index (χ1n) is 4.87. The van der Waals surface area contributed by atoms with Gasteiger partial charge < -0.3 is 15.1 Å². The number of para-hydroxylation sites is 1. The zero-order chi connectivity index (χ0) is 11.3. The Morgan fingerprint density at radius 3 is 2.67 bits per heavy atom. The minimum Gasteiger partial charge on any atom is -0.350 e. The van der Waals surface area contributed by atoms with Crippen molar-refractivity contribution in [1.82, 2.24) is 4.57 Å². The average Bonchev–Trinajstić information content (AvgIpc) is 2.61. The van der Waals surface area contributed by atoms with Crippen LogP contribution < -0.4 is 5.73 Å². The third-order valence-corrected chi connectivity index (χ3v) is 2.28. The first kappa shape index (κ1) is 11.5. The summed E-state index contributed by atoms with van der Waals surface area (Å²) in [5.74, 6) is 0. The van der Waals surface area contributed by atoms with Crippen molar-refractivity contribution in [1.29, 1.82) is 0 Å². The molecule has 3 heteroatoms. The maximum absolute atomic E-state index is 10.4. The number of nitrogens with two attached hydrogens (primary N) is 1. The van der Waals surface area contributed by atoms with Gasteiger partial charge in [0, 0.05) is 30.6 Å². The van der Waals surface area contributed by atoms with Gasteiger partial charge >= 0.3 is 0 Å². The molecule has 0 aliphatic heterocycles. The Hall–Kier alpha value is -1.61. The summed E-state index contributed by atoms with van der Waals surface area (Å²) in [7, 11) is 3.50. The fraction of sp³-hybridized carbons (Fsp3) is 0.250. The molecule has 1 heterocycles. The molecule has 0 aliphatic rings. The summed E-state index contributed by atoms with van der Waals surface area (Å²) < 4.78 is 2.05. The van der Waals surface area contributed by atoms with Crippen LogP contribution in [0.3, 0.4) is 0 Å². The number of nitrogens with zero attached hydrogens (tertiary/aromatic N) is 1. The molecule has 0 saturated carbocycles. The zero-order valence-corrected chi connectivity index (χ0v) is 9.10. The lowest BCUT2D eigenvalue weighted by Gasteiger charge is -1.93. The third kappa shape index (κ3) is 2.25. The molecule has 15 heavy (non-hydrogen) atoms. The topological polar surface area (TPSA) is 48.0 Å². The van der Waals surface area contributed by atoms with Crippen LogP contribution in [-0.4, -0.2) is 17.9 Å². The highest BCUT2D eigenvalue weighted by Gasteiger charge is 2.03. The highest BCUT2D eigenvalue weighted by atomic mass is 16.1. The van der Waals surface area contributed by atoms with Crippen molar-refractivity contribution in [3.63, 3.8) is 0 Å². The van der Waals surface area contributed by atoms with E-state index in [0.29, 0.717) is 6.42 Å². The van der Waals surface area contributed by atoms with Crippen molar-refractivity contribution in [2.45, 2.75) is 6.42 Å². The number of rotatable bonds is 2. The van der Waals surface area contributed by atoms with Crippen LogP contribution in [0.15, 0.2) is 30.5 Å². The number of aryl methyl sites for hydroxylation is 1. The average molecular weight is 204 g/mol. The molecule has 0 radical (unpaired) electrons. The summed E-state index contributed by atoms with van der Waals surface area (Å²) in [5.41, 5.74) is 6.78. The van der Waals surface area contributed by atoms with Gasteiger partial charge in [0.25, 0.3) is 0 Å². The molecule has 2 rings (SSSR count). The smallest absolute Gasteiger partial charge is 0.124 e. The van der Waals surface area contributed by atoms with E-state index < -0.39 is 0 Å². The lowest BCUT2D eigenvalue weighted by Crippen LogP contribution is -1.83. The second-order valence-electron chi connectivity index (χ2n) is 3.15. The van der Waals surface area contributed by atoms with Crippen LogP contribution in [-0.2, 0) is 18.3 Å². The van der Waals surface area contributed by atoms with Gasteiger partial charge in [0.15, 0.2) is 0 Å². The molecule has 3 nitrogen and oxygen atoms in total. The van der Waals surface area contributed by atoms with Crippen LogP contribution in [0.1, 0.15) is 5.56 Å². The molecule has 0 amide bonds. The summed E-state index contributed by atoms with van der Waals surface area (Å²) >= 11 is 0. The number of hydrogen-bond acceptors (Lipinski definition) is 2. The molecule has 2 N–H and O–H groups in total. The third-order valence-electron chi connectivity index (χ3n) is 2.28. The van der Waals surface area contributed by atoms with Gasteiger partial charge in [-0.15, -0.1) is 0 Å². The van der Waals surface area contributed by atoms with Gasteiger partial charge in [-0.05, 0) is 18.7 Å². The van der Waals surface area contributed by atoms with Crippen LogP contribution in [0.4, 0.5) is 0 Å². The van der Waals surface area contributed by atoms with Gasteiger partial charge in [0.1, 0.15) is 6.29 Å². The summed E-state index contributed by atoms with van der Waals surface area (Å²) in [6.07, 6.45) is 3.46. The van der Waals surface area contributed by atoms with Crippen molar-refractivity contribution >= 4 is 17.2 Å². The molecule has 0 aliphatic carbocycles. The predicted molar refractivity (Wildman–Crippen MR) is 62.8 cm³/mol. The van der Waals surface area contributed by atoms with Crippen LogP contribution in [0.2, 0.25) is 0 Å². The minimum atomic E-state index is 0.501. The Kier molecular flexibility index (Phi) is 4.06. The molecular weight excluding hydrogens is 188 g/mol. The number of aromatic nitrogens is 1. The van der Waals surface area contributed by atoms with Gasteiger partial charge in [0.2, 0.25) is 0 Å². The summed E-state index contributed by atoms with van der Waals surface area (Å²) in [5, 5.41) is 1.18. The fourth-order valence-electron chi connectivity index (χ4n) is 1.68. The molecule has 0 unspecified atom stereocenters. The highest BCUT2D eigenvalue weighted by molar-refractivity contribution is 5.85. The number of carbonyl (C=O) groups is 1. The first-order chi connectivity index (χ1) is 7.33. The molecule has 0 bridgehead atoms. The molecule has 0 fully saturated rings. The monoisotopic (exact) mass is 204 g/mol. The lowest BCUT2D eigenvalue weighted by molar-refractivity contribution is -0.107. The number of hydrogen-bond donors (Lipinski definition) is 1. The van der Waals surface area contributed by atoms with Gasteiger partial charge in [0.05, 0.1) is 0 Å². The first-order valence-corrected chi connectivity index (χ1v) is 4.87. The van der Waals surface area contributed by atoms with Crippen molar-refractivity contribution in [2.75, 3.05) is 7.05 Å². The number of aldehydes is 1. The summed E-state index contributed by atoms with van der Waals surface area (Å²) in [4.78, 5) is 10.4. The number of carbonyl (C=O) groups excluding carboxylic acids is 1. The molecule has 80 valence electrons.